The molecule has 0 bridgehead atoms. The molecule has 0 aromatic carbocycles. The second-order valence-electron chi connectivity index (χ2n) is 4.24. The predicted molar refractivity (Wildman–Crippen MR) is 74.1 cm³/mol. The first-order valence-electron chi connectivity index (χ1n) is 6.00. The highest BCUT2D eigenvalue weighted by atomic mass is 32.1. The van der Waals surface area contributed by atoms with Gasteiger partial charge in [0.05, 0.1) is 0 Å². The Kier molecular flexibility index (Phi) is 4.66. The molecular formula is C13H17N3OS. The lowest BCUT2D eigenvalue weighted by Gasteiger charge is -2.07. The lowest BCUT2D eigenvalue weighted by Crippen LogP contribution is -2.29. The van der Waals surface area contributed by atoms with Crippen molar-refractivity contribution in [2.45, 2.75) is 19.9 Å². The highest BCUT2D eigenvalue weighted by molar-refractivity contribution is 7.07. The molecule has 0 radical (unpaired) electrons. The standard InChI is InChI=1S/C13H17N3OS/c1-11-8-15-13(17)16(9-11)6-5-14-4-2-12-3-7-18-10-12/h3,7-10,14H,2,4-6H2,1H3. The van der Waals surface area contributed by atoms with Gasteiger partial charge in [-0.25, -0.2) is 9.78 Å². The van der Waals surface area contributed by atoms with Gasteiger partial charge in [0.2, 0.25) is 0 Å². The van der Waals surface area contributed by atoms with Gasteiger partial charge >= 0.3 is 5.69 Å². The number of hydrogen-bond acceptors (Lipinski definition) is 4. The van der Waals surface area contributed by atoms with Gasteiger partial charge in [-0.1, -0.05) is 0 Å². The van der Waals surface area contributed by atoms with E-state index < -0.39 is 0 Å². The summed E-state index contributed by atoms with van der Waals surface area (Å²) in [5.74, 6) is 0. The molecule has 1 N–H and O–H groups in total. The summed E-state index contributed by atoms with van der Waals surface area (Å²) in [6.07, 6.45) is 4.48. The molecule has 0 aliphatic rings. The zero-order chi connectivity index (χ0) is 12.8. The Hall–Kier alpha value is -1.46. The van der Waals surface area contributed by atoms with Crippen molar-refractivity contribution < 1.29 is 0 Å². The summed E-state index contributed by atoms with van der Waals surface area (Å²) in [6, 6.07) is 2.14. The Bertz CT molecular complexity index is 533. The van der Waals surface area contributed by atoms with Crippen LogP contribution >= 0.6 is 11.3 Å². The number of aromatic nitrogens is 2. The normalized spacial score (nSPS) is 10.7. The Morgan fingerprint density at radius 3 is 3.11 bits per heavy atom. The van der Waals surface area contributed by atoms with Gasteiger partial charge in [0.1, 0.15) is 0 Å². The van der Waals surface area contributed by atoms with Gasteiger partial charge in [0.25, 0.3) is 0 Å². The summed E-state index contributed by atoms with van der Waals surface area (Å²) in [5.41, 5.74) is 2.19. The van der Waals surface area contributed by atoms with Crippen molar-refractivity contribution in [2.24, 2.45) is 0 Å². The molecule has 0 fully saturated rings. The first kappa shape index (κ1) is 13.0. The van der Waals surface area contributed by atoms with E-state index in [4.69, 9.17) is 0 Å². The molecule has 0 unspecified atom stereocenters. The van der Waals surface area contributed by atoms with Crippen LogP contribution in [0.15, 0.2) is 34.0 Å². The molecule has 2 rings (SSSR count). The lowest BCUT2D eigenvalue weighted by molar-refractivity contribution is 0.575. The van der Waals surface area contributed by atoms with E-state index >= 15 is 0 Å². The van der Waals surface area contributed by atoms with Crippen LogP contribution in [0.1, 0.15) is 11.1 Å². The van der Waals surface area contributed by atoms with Crippen molar-refractivity contribution in [3.05, 3.63) is 50.8 Å². The molecule has 0 aliphatic heterocycles. The SMILES string of the molecule is Cc1cnc(=O)n(CCNCCc2ccsc2)c1. The van der Waals surface area contributed by atoms with Crippen LogP contribution in [0.5, 0.6) is 0 Å². The summed E-state index contributed by atoms with van der Waals surface area (Å²) < 4.78 is 1.65. The van der Waals surface area contributed by atoms with E-state index in [1.807, 2.05) is 13.1 Å². The van der Waals surface area contributed by atoms with Crippen LogP contribution in [0.25, 0.3) is 0 Å². The van der Waals surface area contributed by atoms with Crippen molar-refractivity contribution in [3.63, 3.8) is 0 Å². The summed E-state index contributed by atoms with van der Waals surface area (Å²) in [6.45, 7) is 4.32. The minimum Gasteiger partial charge on any atom is -0.315 e. The van der Waals surface area contributed by atoms with Gasteiger partial charge in [0, 0.05) is 25.5 Å². The molecule has 0 saturated heterocycles. The maximum Gasteiger partial charge on any atom is 0.347 e. The first-order valence-corrected chi connectivity index (χ1v) is 6.95. The highest BCUT2D eigenvalue weighted by Crippen LogP contribution is 2.05. The molecule has 0 spiro atoms. The molecule has 0 amide bonds. The van der Waals surface area contributed by atoms with Crippen LogP contribution < -0.4 is 11.0 Å². The molecular weight excluding hydrogens is 246 g/mol. The smallest absolute Gasteiger partial charge is 0.315 e. The van der Waals surface area contributed by atoms with Gasteiger partial charge < -0.3 is 5.32 Å². The van der Waals surface area contributed by atoms with Crippen LogP contribution in [-0.2, 0) is 13.0 Å². The maximum atomic E-state index is 11.4. The Balaban J connectivity index is 1.72. The Morgan fingerprint density at radius 1 is 1.44 bits per heavy atom. The number of aryl methyl sites for hydroxylation is 1. The molecule has 0 atom stereocenters. The minimum absolute atomic E-state index is 0.180. The number of nitrogens with zero attached hydrogens (tertiary/aromatic N) is 2. The van der Waals surface area contributed by atoms with E-state index in [-0.39, 0.29) is 5.69 Å². The van der Waals surface area contributed by atoms with Crippen molar-refractivity contribution in [1.29, 1.82) is 0 Å². The lowest BCUT2D eigenvalue weighted by atomic mass is 10.2. The molecule has 96 valence electrons. The average molecular weight is 263 g/mol. The molecule has 0 saturated carbocycles. The maximum absolute atomic E-state index is 11.4. The van der Waals surface area contributed by atoms with E-state index in [0.717, 1.165) is 25.1 Å². The fourth-order valence-electron chi connectivity index (χ4n) is 1.72. The molecule has 4 nitrogen and oxygen atoms in total. The largest absolute Gasteiger partial charge is 0.347 e. The Labute approximate surface area is 110 Å². The molecule has 0 aliphatic carbocycles. The van der Waals surface area contributed by atoms with Crippen LogP contribution in [0.3, 0.4) is 0 Å². The fourth-order valence-corrected chi connectivity index (χ4v) is 2.42. The number of hydrogen-bond donors (Lipinski definition) is 1. The second-order valence-corrected chi connectivity index (χ2v) is 5.02. The number of thiophene rings is 1. The van der Waals surface area contributed by atoms with Crippen molar-refractivity contribution in [2.75, 3.05) is 13.1 Å². The topological polar surface area (TPSA) is 46.9 Å². The van der Waals surface area contributed by atoms with E-state index in [1.54, 1.807) is 22.1 Å². The highest BCUT2D eigenvalue weighted by Gasteiger charge is 1.97. The van der Waals surface area contributed by atoms with Gasteiger partial charge in [0.15, 0.2) is 0 Å². The summed E-state index contributed by atoms with van der Waals surface area (Å²) in [4.78, 5) is 15.2. The number of rotatable bonds is 6. The second kappa shape index (κ2) is 6.47. The molecule has 2 aromatic rings. The van der Waals surface area contributed by atoms with Crippen LogP contribution in [0.4, 0.5) is 0 Å². The minimum atomic E-state index is -0.180. The average Bonchev–Trinajstić information content (AvgIpc) is 2.86. The first-order chi connectivity index (χ1) is 8.75. The molecule has 18 heavy (non-hydrogen) atoms. The molecule has 2 heterocycles. The number of nitrogens with one attached hydrogen (secondary N) is 1. The fraction of sp³-hybridized carbons (Fsp3) is 0.385. The van der Waals surface area contributed by atoms with E-state index in [9.17, 15) is 4.79 Å². The predicted octanol–water partition coefficient (Wildman–Crippen LogP) is 1.45. The van der Waals surface area contributed by atoms with Gasteiger partial charge in [-0.05, 0) is 47.8 Å². The third kappa shape index (κ3) is 3.78. The quantitative estimate of drug-likeness (QED) is 0.802. The van der Waals surface area contributed by atoms with Gasteiger partial charge in [-0.15, -0.1) is 0 Å². The van der Waals surface area contributed by atoms with Gasteiger partial charge in [-0.3, -0.25) is 4.57 Å². The van der Waals surface area contributed by atoms with Crippen LogP contribution in [-0.4, -0.2) is 22.6 Å². The zero-order valence-electron chi connectivity index (χ0n) is 10.4. The summed E-state index contributed by atoms with van der Waals surface area (Å²) in [7, 11) is 0. The van der Waals surface area contributed by atoms with Gasteiger partial charge in [-0.2, -0.15) is 11.3 Å². The van der Waals surface area contributed by atoms with Crippen molar-refractivity contribution in [1.82, 2.24) is 14.9 Å². The van der Waals surface area contributed by atoms with E-state index in [1.165, 1.54) is 5.56 Å². The zero-order valence-corrected chi connectivity index (χ0v) is 11.2. The Morgan fingerprint density at radius 2 is 2.33 bits per heavy atom. The third-order valence-corrected chi connectivity index (χ3v) is 3.42. The third-order valence-electron chi connectivity index (χ3n) is 2.68. The summed E-state index contributed by atoms with van der Waals surface area (Å²) in [5, 5.41) is 7.59. The van der Waals surface area contributed by atoms with Crippen LogP contribution in [0.2, 0.25) is 0 Å². The van der Waals surface area contributed by atoms with Crippen LogP contribution in [0, 0.1) is 6.92 Å². The molecule has 5 heteroatoms. The monoisotopic (exact) mass is 263 g/mol. The van der Waals surface area contributed by atoms with E-state index in [0.29, 0.717) is 6.54 Å². The molecule has 2 aromatic heterocycles. The van der Waals surface area contributed by atoms with E-state index in [2.05, 4.69) is 27.1 Å². The van der Waals surface area contributed by atoms with Crippen molar-refractivity contribution >= 4 is 11.3 Å². The summed E-state index contributed by atoms with van der Waals surface area (Å²) >= 11 is 1.72. The van der Waals surface area contributed by atoms with Crippen molar-refractivity contribution in [3.8, 4) is 0 Å².